The number of para-hydroxylation sites is 1. The van der Waals surface area contributed by atoms with E-state index in [9.17, 15) is 53.4 Å². The number of nitrogens with one attached hydrogen (secondary N) is 20. The molecule has 1 aliphatic rings. The van der Waals surface area contributed by atoms with Gasteiger partial charge in [0.25, 0.3) is 0 Å². The van der Waals surface area contributed by atoms with Crippen LogP contribution in [0, 0.1) is 35.5 Å². The first kappa shape index (κ1) is 114. The molecule has 0 bridgehead atoms. The van der Waals surface area contributed by atoms with Crippen LogP contribution < -0.4 is 80.2 Å². The van der Waals surface area contributed by atoms with Crippen molar-refractivity contribution in [1.29, 1.82) is 0 Å². The number of hydrogen-bond donors (Lipinski definition) is 23. The van der Waals surface area contributed by atoms with Gasteiger partial charge in [0.1, 0.15) is 91.2 Å². The number of nitrogens with two attached hydrogens (primary N) is 1. The first-order valence-corrected chi connectivity index (χ1v) is 50.3. The largest absolute Gasteiger partial charge is 0.481 e. The predicted molar refractivity (Wildman–Crippen MR) is 545 cm³/mol. The molecule has 0 unspecified atom stereocenters. The number of carbonyl (C=O) groups is 16. The second-order valence-corrected chi connectivity index (χ2v) is 40.0. The number of aromatic nitrogens is 11. The molecule has 798 valence electrons. The molecule has 14 amide bonds. The number of imidazole rings is 5. The lowest BCUT2D eigenvalue weighted by Crippen LogP contribution is -2.62. The van der Waals surface area contributed by atoms with E-state index in [-0.39, 0.29) is 161 Å². The van der Waals surface area contributed by atoms with Crippen LogP contribution in [0.3, 0.4) is 0 Å². The summed E-state index contributed by atoms with van der Waals surface area (Å²) in [4.78, 5) is 272. The zero-order valence-corrected chi connectivity index (χ0v) is 85.5. The SMILES string of the molecule is CC(C)C[C@H](NC(=O)[C@H](CCCCN)NC(=O)OCC1c2ccccc2-c2ccccc21)C(=O)N[C@@H](Cc1c[nH]cn1)C(=O)N[C@@H](CCC(=O)O)C(=O)N[C@@H](CC(C)C)C(=O)N[C@@H](CC(C)C)C(=O)N[C@@H](Cc1c[nH]cn1)C(=O)N[C@@H](CC(C)C)C(=O)N[C@@H](CC(C)C)C(=O)N[C@@H](Cc1c[nH]cn1)C(=O)N[C@@H](Cc1c[nH]cn1)C(=O)N[C@@H](CC(C)C)C(=O)N[C@@H](Cc1c[nH]cn1)C(=O)N[C@@H](Cc1c[nH]c2ccccc12)C(=O)O. The Morgan fingerprint density at radius 2 is 0.588 bits per heavy atom. The standard InChI is InChI=1S/C103H142N26O19/c1-55(2)31-76(118-90(133)75(28-29-88(130)131)116-97(140)82(38-62-44-105-50-111-62)123-93(136)77(32-56(3)4)117-89(132)74(27-19-20-30-104)129-103(147)148-49-72-70-24-15-13-22-68(70)69-23-14-16-25-71(69)72)91(134)119-79(34-58(7)8)94(137)124-83(39-63-45-106-51-112-63)98(141)121-78(33-57(5)6)92(135)120-80(35-59(9)10)95(138)125-85(41-65-47-108-53-114-65)100(143)127-84(40-64-46-107-52-113-64)99(142)122-81(36-60(11)12)96(139)126-86(42-66-48-109-54-115-66)101(144)128-87(102(145)146)37-61-43-110-73-26-18-17-21-67(61)73/h13-18,21-26,43-48,50-60,72,74-87,110H,19-20,27-42,49,104H2,1-12H3,(H,105,111)(H,106,112)(H,107,113)(H,108,114)(H,109,115)(H,116,140)(H,117,132)(H,118,133)(H,119,134)(H,120,135)(H,121,141)(H,122,142)(H,123,136)(H,124,137)(H,125,138)(H,126,139)(H,127,143)(H,128,144)(H,129,147)(H,130,131)(H,145,146)/t74-,75-,76-,77-,78-,79-,80-,81-,82-,83-,84-,85-,86-,87-/m0/s1. The number of rotatable bonds is 61. The molecule has 3 aromatic carbocycles. The van der Waals surface area contributed by atoms with E-state index in [1.54, 1.807) is 95.3 Å². The minimum absolute atomic E-state index is 0.0144. The molecule has 0 saturated heterocycles. The molecule has 1 aliphatic carbocycles. The maximum absolute atomic E-state index is 15.2. The third kappa shape index (κ3) is 35.5. The summed E-state index contributed by atoms with van der Waals surface area (Å²) in [7, 11) is 0. The maximum Gasteiger partial charge on any atom is 0.407 e. The van der Waals surface area contributed by atoms with Crippen molar-refractivity contribution in [2.24, 2.45) is 41.2 Å². The monoisotopic (exact) mass is 2050 g/mol. The Hall–Kier alpha value is -15.5. The van der Waals surface area contributed by atoms with Gasteiger partial charge in [-0.2, -0.15) is 0 Å². The smallest absolute Gasteiger partial charge is 0.407 e. The lowest BCUT2D eigenvalue weighted by atomic mass is 9.98. The number of nitrogens with zero attached hydrogens (tertiary/aromatic N) is 5. The molecule has 0 fully saturated rings. The van der Waals surface area contributed by atoms with Gasteiger partial charge in [-0.25, -0.2) is 34.5 Å². The van der Waals surface area contributed by atoms with E-state index in [1.165, 1.54) is 62.6 Å². The molecular formula is C103H142N26O19. The van der Waals surface area contributed by atoms with Gasteiger partial charge < -0.3 is 125 Å². The normalized spacial score (nSPS) is 14.7. The number of aromatic amines is 6. The van der Waals surface area contributed by atoms with Crippen molar-refractivity contribution in [3.05, 3.63) is 187 Å². The fourth-order valence-corrected chi connectivity index (χ4v) is 17.7. The molecule has 0 saturated carbocycles. The molecule has 14 atom stereocenters. The minimum Gasteiger partial charge on any atom is -0.481 e. The molecule has 10 rings (SSSR count). The number of carboxylic acid groups (broad SMARTS) is 2. The number of aliphatic carboxylic acids is 2. The Morgan fingerprint density at radius 3 is 0.878 bits per heavy atom. The van der Waals surface area contributed by atoms with Crippen LogP contribution in [0.1, 0.15) is 205 Å². The summed E-state index contributed by atoms with van der Waals surface area (Å²) in [5, 5.41) is 59.5. The van der Waals surface area contributed by atoms with E-state index in [2.05, 4.69) is 129 Å². The number of amides is 14. The molecule has 45 heteroatoms. The van der Waals surface area contributed by atoms with Crippen molar-refractivity contribution in [2.45, 2.75) is 283 Å². The van der Waals surface area contributed by atoms with Crippen molar-refractivity contribution in [3.8, 4) is 11.1 Å². The van der Waals surface area contributed by atoms with E-state index in [4.69, 9.17) is 10.5 Å². The molecule has 9 aromatic rings. The van der Waals surface area contributed by atoms with E-state index < -0.39 is 192 Å². The number of alkyl carbamates (subject to hydrolysis) is 1. The molecule has 6 heterocycles. The highest BCUT2D eigenvalue weighted by molar-refractivity contribution is 6.01. The van der Waals surface area contributed by atoms with Gasteiger partial charge in [-0.05, 0) is 140 Å². The van der Waals surface area contributed by atoms with Crippen LogP contribution in [0.2, 0.25) is 0 Å². The van der Waals surface area contributed by atoms with Crippen LogP contribution in [0.25, 0.3) is 22.0 Å². The molecule has 0 spiro atoms. The van der Waals surface area contributed by atoms with Crippen LogP contribution in [0.5, 0.6) is 0 Å². The zero-order chi connectivity index (χ0) is 107. The average Bonchev–Trinajstić information content (AvgIpc) is 1.61. The van der Waals surface area contributed by atoms with Crippen LogP contribution >= 0.6 is 0 Å². The van der Waals surface area contributed by atoms with Crippen molar-refractivity contribution in [3.63, 3.8) is 0 Å². The number of hydrogen-bond acceptors (Lipinski definition) is 23. The number of unbranched alkanes of at least 4 members (excludes halogenated alkanes) is 1. The van der Waals surface area contributed by atoms with E-state index >= 15 is 33.6 Å². The van der Waals surface area contributed by atoms with Gasteiger partial charge in [0.2, 0.25) is 76.8 Å². The topological polar surface area (TPSA) is 676 Å². The Kier molecular flexibility index (Phi) is 43.5. The Bertz CT molecular complexity index is 5840. The van der Waals surface area contributed by atoms with Gasteiger partial charge in [0.05, 0.1) is 60.1 Å². The number of carboxylic acids is 2. The highest BCUT2D eigenvalue weighted by atomic mass is 16.5. The molecule has 45 nitrogen and oxygen atoms in total. The summed E-state index contributed by atoms with van der Waals surface area (Å²) in [5.41, 5.74) is 12.6. The van der Waals surface area contributed by atoms with Gasteiger partial charge in [-0.3, -0.25) is 67.1 Å². The van der Waals surface area contributed by atoms with Gasteiger partial charge in [-0.1, -0.05) is 150 Å². The van der Waals surface area contributed by atoms with Gasteiger partial charge in [0.15, 0.2) is 0 Å². The molecule has 148 heavy (non-hydrogen) atoms. The number of carbonyl (C=O) groups excluding carboxylic acids is 14. The summed E-state index contributed by atoms with van der Waals surface area (Å²) in [6, 6.07) is 2.26. The van der Waals surface area contributed by atoms with Gasteiger partial charge >= 0.3 is 18.0 Å². The van der Waals surface area contributed by atoms with Crippen LogP contribution in [0.4, 0.5) is 4.79 Å². The minimum atomic E-state index is -1.71. The lowest BCUT2D eigenvalue weighted by Gasteiger charge is -2.29. The average molecular weight is 2050 g/mol. The zero-order valence-electron chi connectivity index (χ0n) is 85.5. The highest BCUT2D eigenvalue weighted by Gasteiger charge is 2.42. The van der Waals surface area contributed by atoms with E-state index in [1.807, 2.05) is 66.7 Å². The van der Waals surface area contributed by atoms with Crippen LogP contribution in [-0.4, -0.2) is 258 Å². The summed E-state index contributed by atoms with van der Waals surface area (Å²) in [5.74, 6) is -16.5. The maximum atomic E-state index is 15.2. The van der Waals surface area contributed by atoms with E-state index in [0.29, 0.717) is 24.1 Å². The second-order valence-electron chi connectivity index (χ2n) is 40.0. The third-order valence-electron chi connectivity index (χ3n) is 24.9. The van der Waals surface area contributed by atoms with Crippen molar-refractivity contribution >= 4 is 106 Å². The molecular weight excluding hydrogens is 1910 g/mol. The molecule has 24 N–H and O–H groups in total. The van der Waals surface area contributed by atoms with Gasteiger partial charge in [0, 0.05) is 98.9 Å². The lowest BCUT2D eigenvalue weighted by molar-refractivity contribution is -0.142. The first-order chi connectivity index (χ1) is 70.6. The number of fused-ring (bicyclic) bond motifs is 4. The molecule has 6 aromatic heterocycles. The third-order valence-corrected chi connectivity index (χ3v) is 24.9. The Balaban J connectivity index is 0.815. The fourth-order valence-electron chi connectivity index (χ4n) is 17.7. The quantitative estimate of drug-likeness (QED) is 0.0239. The predicted octanol–water partition coefficient (Wildman–Crippen LogP) is 4.10. The summed E-state index contributed by atoms with van der Waals surface area (Å²) >= 11 is 0. The highest BCUT2D eigenvalue weighted by Crippen LogP contribution is 2.45. The summed E-state index contributed by atoms with van der Waals surface area (Å²) in [6.07, 6.45) is 12.9. The van der Waals surface area contributed by atoms with Crippen molar-refractivity contribution < 1.29 is 91.7 Å². The van der Waals surface area contributed by atoms with Crippen LogP contribution in [0.15, 0.2) is 142 Å². The second kappa shape index (κ2) is 56.3. The van der Waals surface area contributed by atoms with E-state index in [0.717, 1.165) is 33.2 Å². The Morgan fingerprint density at radius 1 is 0.318 bits per heavy atom. The van der Waals surface area contributed by atoms with Crippen molar-refractivity contribution in [1.82, 2.24) is 129 Å². The number of ether oxygens (including phenoxy) is 1. The first-order valence-electron chi connectivity index (χ1n) is 50.3. The number of benzene rings is 3. The fraction of sp³-hybridized carbons (Fsp3) is 0.505. The molecule has 0 aliphatic heterocycles. The molecule has 0 radical (unpaired) electrons. The number of H-pyrrole nitrogens is 6. The van der Waals surface area contributed by atoms with Crippen LogP contribution in [-0.2, 0) is 115 Å². The van der Waals surface area contributed by atoms with Crippen molar-refractivity contribution in [2.75, 3.05) is 13.2 Å². The summed E-state index contributed by atoms with van der Waals surface area (Å²) < 4.78 is 5.83. The summed E-state index contributed by atoms with van der Waals surface area (Å²) in [6.45, 7) is 21.5. The van der Waals surface area contributed by atoms with Gasteiger partial charge in [-0.15, -0.1) is 0 Å². The Labute approximate surface area is 857 Å².